The molecular weight excluding hydrogens is 256 g/mol. The van der Waals surface area contributed by atoms with Crippen molar-refractivity contribution in [3.05, 3.63) is 17.8 Å². The van der Waals surface area contributed by atoms with E-state index in [-0.39, 0.29) is 0 Å². The molecule has 1 saturated heterocycles. The number of hydrogen-bond donors (Lipinski definition) is 2. The Morgan fingerprint density at radius 3 is 3.25 bits per heavy atom. The molecule has 2 aliphatic heterocycles. The van der Waals surface area contributed by atoms with Gasteiger partial charge in [0.1, 0.15) is 5.82 Å². The highest BCUT2D eigenvalue weighted by molar-refractivity contribution is 5.88. The van der Waals surface area contributed by atoms with Crippen LogP contribution in [-0.4, -0.2) is 48.4 Å². The summed E-state index contributed by atoms with van der Waals surface area (Å²) in [6, 6.07) is 2.30. The first kappa shape index (κ1) is 13.2. The van der Waals surface area contributed by atoms with E-state index in [1.54, 1.807) is 6.20 Å². The standard InChI is InChI=1S/C14H20N4O2/c1-2-17(14(19)20)12-5-6-16-13-11(12)4-3-10-9-15-7-8-18(10)13/h5-6,10,15H,2-4,7-9H2,1H3,(H,19,20). The topological polar surface area (TPSA) is 68.7 Å². The monoisotopic (exact) mass is 276 g/mol. The fraction of sp³-hybridized carbons (Fsp3) is 0.571. The van der Waals surface area contributed by atoms with E-state index < -0.39 is 6.09 Å². The average molecular weight is 276 g/mol. The Labute approximate surface area is 118 Å². The summed E-state index contributed by atoms with van der Waals surface area (Å²) in [6.07, 6.45) is 2.77. The summed E-state index contributed by atoms with van der Waals surface area (Å²) in [5.41, 5.74) is 1.87. The molecule has 0 spiro atoms. The molecule has 3 rings (SSSR count). The number of nitrogens with one attached hydrogen (secondary N) is 1. The van der Waals surface area contributed by atoms with Crippen molar-refractivity contribution in [2.24, 2.45) is 0 Å². The Hall–Kier alpha value is -1.82. The molecule has 0 saturated carbocycles. The average Bonchev–Trinajstić information content (AvgIpc) is 2.47. The van der Waals surface area contributed by atoms with Crippen LogP contribution in [0.4, 0.5) is 16.3 Å². The van der Waals surface area contributed by atoms with Crippen LogP contribution >= 0.6 is 0 Å². The number of amides is 1. The number of carboxylic acid groups (broad SMARTS) is 1. The van der Waals surface area contributed by atoms with Crippen molar-refractivity contribution >= 4 is 17.6 Å². The van der Waals surface area contributed by atoms with Gasteiger partial charge in [0.15, 0.2) is 0 Å². The van der Waals surface area contributed by atoms with Crippen LogP contribution in [0, 0.1) is 0 Å². The third-order valence-electron chi connectivity index (χ3n) is 4.20. The summed E-state index contributed by atoms with van der Waals surface area (Å²) in [7, 11) is 0. The number of rotatable bonds is 2. The van der Waals surface area contributed by atoms with Crippen molar-refractivity contribution in [3.63, 3.8) is 0 Å². The normalized spacial score (nSPS) is 21.1. The first-order valence-electron chi connectivity index (χ1n) is 7.18. The van der Waals surface area contributed by atoms with E-state index in [0.717, 1.165) is 49.5 Å². The summed E-state index contributed by atoms with van der Waals surface area (Å²) >= 11 is 0. The lowest BCUT2D eigenvalue weighted by Gasteiger charge is -2.42. The summed E-state index contributed by atoms with van der Waals surface area (Å²) in [5, 5.41) is 12.8. The number of anilines is 2. The van der Waals surface area contributed by atoms with Gasteiger partial charge in [-0.2, -0.15) is 0 Å². The zero-order valence-electron chi connectivity index (χ0n) is 11.7. The first-order valence-corrected chi connectivity index (χ1v) is 7.18. The van der Waals surface area contributed by atoms with Crippen molar-refractivity contribution < 1.29 is 9.90 Å². The number of fused-ring (bicyclic) bond motifs is 3. The van der Waals surface area contributed by atoms with Gasteiger partial charge in [-0.25, -0.2) is 9.78 Å². The molecule has 1 aromatic heterocycles. The SMILES string of the molecule is CCN(C(=O)O)c1ccnc2c1CCC1CNCCN21. The van der Waals surface area contributed by atoms with Gasteiger partial charge in [0.2, 0.25) is 0 Å². The van der Waals surface area contributed by atoms with Crippen molar-refractivity contribution in [1.29, 1.82) is 0 Å². The molecule has 1 aromatic rings. The third kappa shape index (κ3) is 2.10. The van der Waals surface area contributed by atoms with E-state index in [9.17, 15) is 9.90 Å². The summed E-state index contributed by atoms with van der Waals surface area (Å²) in [4.78, 5) is 19.6. The molecule has 1 amide bonds. The minimum Gasteiger partial charge on any atom is -0.465 e. The molecular formula is C14H20N4O2. The minimum atomic E-state index is -0.900. The van der Waals surface area contributed by atoms with Gasteiger partial charge >= 0.3 is 6.09 Å². The minimum absolute atomic E-state index is 0.455. The predicted octanol–water partition coefficient (Wildman–Crippen LogP) is 1.31. The van der Waals surface area contributed by atoms with E-state index in [4.69, 9.17) is 0 Å². The van der Waals surface area contributed by atoms with Gasteiger partial charge in [0.25, 0.3) is 0 Å². The molecule has 0 radical (unpaired) electrons. The van der Waals surface area contributed by atoms with Crippen LogP contribution in [0.3, 0.4) is 0 Å². The van der Waals surface area contributed by atoms with Crippen LogP contribution in [-0.2, 0) is 6.42 Å². The molecule has 2 aliphatic rings. The molecule has 6 nitrogen and oxygen atoms in total. The second-order valence-corrected chi connectivity index (χ2v) is 5.25. The number of nitrogens with zero attached hydrogens (tertiary/aromatic N) is 3. The Bertz CT molecular complexity index is 520. The highest BCUT2D eigenvalue weighted by Crippen LogP contribution is 2.35. The number of piperazine rings is 1. The Kier molecular flexibility index (Phi) is 3.48. The Morgan fingerprint density at radius 1 is 1.65 bits per heavy atom. The predicted molar refractivity (Wildman–Crippen MR) is 77.6 cm³/mol. The van der Waals surface area contributed by atoms with Gasteiger partial charge in [-0.05, 0) is 25.8 Å². The zero-order valence-corrected chi connectivity index (χ0v) is 11.7. The lowest BCUT2D eigenvalue weighted by molar-refractivity contribution is 0.202. The number of aromatic nitrogens is 1. The maximum absolute atomic E-state index is 11.4. The highest BCUT2D eigenvalue weighted by Gasteiger charge is 2.32. The second-order valence-electron chi connectivity index (χ2n) is 5.25. The molecule has 1 fully saturated rings. The maximum Gasteiger partial charge on any atom is 0.411 e. The molecule has 20 heavy (non-hydrogen) atoms. The van der Waals surface area contributed by atoms with Gasteiger partial charge in [-0.3, -0.25) is 4.90 Å². The van der Waals surface area contributed by atoms with E-state index in [1.165, 1.54) is 4.90 Å². The van der Waals surface area contributed by atoms with Gasteiger partial charge < -0.3 is 15.3 Å². The smallest absolute Gasteiger partial charge is 0.411 e. The molecule has 6 heteroatoms. The van der Waals surface area contributed by atoms with E-state index in [1.807, 2.05) is 13.0 Å². The number of pyridine rings is 1. The summed E-state index contributed by atoms with van der Waals surface area (Å²) in [5.74, 6) is 0.972. The van der Waals surface area contributed by atoms with Crippen LogP contribution in [0.25, 0.3) is 0 Å². The molecule has 2 N–H and O–H groups in total. The van der Waals surface area contributed by atoms with Gasteiger partial charge in [0, 0.05) is 44.0 Å². The molecule has 1 atom stereocenters. The van der Waals surface area contributed by atoms with Gasteiger partial charge in [0.05, 0.1) is 5.69 Å². The van der Waals surface area contributed by atoms with Crippen LogP contribution in [0.2, 0.25) is 0 Å². The quantitative estimate of drug-likeness (QED) is 0.852. The van der Waals surface area contributed by atoms with Crippen molar-refractivity contribution in [2.45, 2.75) is 25.8 Å². The van der Waals surface area contributed by atoms with Crippen molar-refractivity contribution in [2.75, 3.05) is 36.0 Å². The van der Waals surface area contributed by atoms with Gasteiger partial charge in [-0.1, -0.05) is 0 Å². The highest BCUT2D eigenvalue weighted by atomic mass is 16.4. The number of hydrogen-bond acceptors (Lipinski definition) is 4. The van der Waals surface area contributed by atoms with E-state index in [0.29, 0.717) is 12.6 Å². The Morgan fingerprint density at radius 2 is 2.50 bits per heavy atom. The fourth-order valence-electron chi connectivity index (χ4n) is 3.23. The fourth-order valence-corrected chi connectivity index (χ4v) is 3.23. The lowest BCUT2D eigenvalue weighted by atomic mass is 9.95. The molecule has 3 heterocycles. The van der Waals surface area contributed by atoms with Crippen LogP contribution < -0.4 is 15.1 Å². The Balaban J connectivity index is 2.01. The summed E-state index contributed by atoms with van der Waals surface area (Å²) < 4.78 is 0. The lowest BCUT2D eigenvalue weighted by Crippen LogP contribution is -2.53. The van der Waals surface area contributed by atoms with Crippen LogP contribution in [0.1, 0.15) is 18.9 Å². The zero-order chi connectivity index (χ0) is 14.1. The van der Waals surface area contributed by atoms with E-state index >= 15 is 0 Å². The van der Waals surface area contributed by atoms with Crippen LogP contribution in [0.5, 0.6) is 0 Å². The third-order valence-corrected chi connectivity index (χ3v) is 4.20. The molecule has 0 aromatic carbocycles. The maximum atomic E-state index is 11.4. The second kappa shape index (κ2) is 5.28. The summed E-state index contributed by atoms with van der Waals surface area (Å²) in [6.45, 7) is 5.20. The first-order chi connectivity index (χ1) is 9.72. The number of carbonyl (C=O) groups is 1. The molecule has 1 unspecified atom stereocenters. The largest absolute Gasteiger partial charge is 0.465 e. The van der Waals surface area contributed by atoms with Crippen molar-refractivity contribution in [3.8, 4) is 0 Å². The van der Waals surface area contributed by atoms with E-state index in [2.05, 4.69) is 15.2 Å². The van der Waals surface area contributed by atoms with Crippen molar-refractivity contribution in [1.82, 2.24) is 10.3 Å². The van der Waals surface area contributed by atoms with Crippen LogP contribution in [0.15, 0.2) is 12.3 Å². The molecule has 0 bridgehead atoms. The molecule has 108 valence electrons. The van der Waals surface area contributed by atoms with Gasteiger partial charge in [-0.15, -0.1) is 0 Å². The molecule has 0 aliphatic carbocycles.